The Balaban J connectivity index is 2.54. The number of likely N-dealkylation sites (tertiary alicyclic amines) is 1. The molecule has 0 radical (unpaired) electrons. The van der Waals surface area contributed by atoms with E-state index >= 15 is 0 Å². The highest BCUT2D eigenvalue weighted by Gasteiger charge is 2.22. The Hall–Kier alpha value is -0.770. The molecule has 1 aliphatic heterocycles. The van der Waals surface area contributed by atoms with Crippen LogP contribution in [-0.4, -0.2) is 30.0 Å². The molecule has 4 heteroatoms. The third-order valence-electron chi connectivity index (χ3n) is 2.44. The van der Waals surface area contributed by atoms with E-state index in [-0.39, 0.29) is 0 Å². The predicted molar refractivity (Wildman–Crippen MR) is 55.3 cm³/mol. The van der Waals surface area contributed by atoms with Gasteiger partial charge in [0, 0.05) is 19.1 Å². The fraction of sp³-hybridized carbons (Fsp3) is 0.889. The Labute approximate surface area is 80.2 Å². The first kappa shape index (κ1) is 10.3. The van der Waals surface area contributed by atoms with Gasteiger partial charge < -0.3 is 4.90 Å². The van der Waals surface area contributed by atoms with Crippen molar-refractivity contribution in [2.24, 2.45) is 10.8 Å². The minimum Gasteiger partial charge on any atom is -0.339 e. The van der Waals surface area contributed by atoms with Crippen LogP contribution in [0.3, 0.4) is 0 Å². The number of nitrogens with one attached hydrogen (secondary N) is 1. The van der Waals surface area contributed by atoms with E-state index in [0.717, 1.165) is 25.5 Å². The van der Waals surface area contributed by atoms with E-state index in [2.05, 4.69) is 29.2 Å². The highest BCUT2D eigenvalue weighted by Crippen LogP contribution is 2.15. The number of hydrogen-bond acceptors (Lipinski definition) is 2. The van der Waals surface area contributed by atoms with Gasteiger partial charge in [-0.05, 0) is 26.2 Å². The maximum Gasteiger partial charge on any atom is 0.208 e. The van der Waals surface area contributed by atoms with E-state index in [9.17, 15) is 0 Å². The SMILES string of the molecule is CCCN=C(NN)N1CCCC1C. The maximum atomic E-state index is 5.43. The van der Waals surface area contributed by atoms with Gasteiger partial charge in [-0.25, -0.2) is 5.84 Å². The Kier molecular flexibility index (Phi) is 4.02. The zero-order valence-corrected chi connectivity index (χ0v) is 8.58. The highest BCUT2D eigenvalue weighted by molar-refractivity contribution is 5.79. The predicted octanol–water partition coefficient (Wildman–Crippen LogP) is 0.700. The Bertz CT molecular complexity index is 178. The normalized spacial score (nSPS) is 23.8. The monoisotopic (exact) mass is 184 g/mol. The molecule has 76 valence electrons. The van der Waals surface area contributed by atoms with Crippen LogP contribution >= 0.6 is 0 Å². The van der Waals surface area contributed by atoms with Gasteiger partial charge in [0.15, 0.2) is 0 Å². The molecule has 0 amide bonds. The molecular weight excluding hydrogens is 164 g/mol. The summed E-state index contributed by atoms with van der Waals surface area (Å²) in [5.41, 5.74) is 2.69. The third-order valence-corrected chi connectivity index (χ3v) is 2.44. The highest BCUT2D eigenvalue weighted by atomic mass is 15.4. The van der Waals surface area contributed by atoms with Crippen LogP contribution in [0, 0.1) is 0 Å². The van der Waals surface area contributed by atoms with Crippen molar-refractivity contribution in [2.75, 3.05) is 13.1 Å². The molecule has 1 unspecified atom stereocenters. The van der Waals surface area contributed by atoms with Gasteiger partial charge in [-0.2, -0.15) is 0 Å². The second kappa shape index (κ2) is 5.07. The van der Waals surface area contributed by atoms with Gasteiger partial charge >= 0.3 is 0 Å². The number of nitrogens with zero attached hydrogens (tertiary/aromatic N) is 2. The lowest BCUT2D eigenvalue weighted by Crippen LogP contribution is -2.46. The molecule has 1 fully saturated rings. The first-order valence-electron chi connectivity index (χ1n) is 5.07. The minimum absolute atomic E-state index is 0.576. The van der Waals surface area contributed by atoms with E-state index in [0.29, 0.717) is 6.04 Å². The smallest absolute Gasteiger partial charge is 0.208 e. The molecular formula is C9H20N4. The molecule has 0 aliphatic carbocycles. The summed E-state index contributed by atoms with van der Waals surface area (Å²) in [6.45, 7) is 6.26. The Morgan fingerprint density at radius 3 is 2.92 bits per heavy atom. The number of hydrogen-bond donors (Lipinski definition) is 2. The van der Waals surface area contributed by atoms with E-state index in [1.807, 2.05) is 0 Å². The minimum atomic E-state index is 0.576. The molecule has 3 N–H and O–H groups in total. The van der Waals surface area contributed by atoms with Crippen LogP contribution in [0.5, 0.6) is 0 Å². The van der Waals surface area contributed by atoms with Gasteiger partial charge in [0.2, 0.25) is 5.96 Å². The van der Waals surface area contributed by atoms with Crippen molar-refractivity contribution in [3.05, 3.63) is 0 Å². The summed E-state index contributed by atoms with van der Waals surface area (Å²) in [6.07, 6.45) is 3.55. The largest absolute Gasteiger partial charge is 0.339 e. The zero-order chi connectivity index (χ0) is 9.68. The van der Waals surface area contributed by atoms with Crippen molar-refractivity contribution < 1.29 is 0 Å². The summed E-state index contributed by atoms with van der Waals surface area (Å²) < 4.78 is 0. The van der Waals surface area contributed by atoms with Gasteiger partial charge in [-0.15, -0.1) is 0 Å². The van der Waals surface area contributed by atoms with Crippen LogP contribution in [0.15, 0.2) is 4.99 Å². The fourth-order valence-corrected chi connectivity index (χ4v) is 1.69. The van der Waals surface area contributed by atoms with Gasteiger partial charge in [-0.1, -0.05) is 6.92 Å². The van der Waals surface area contributed by atoms with Crippen LogP contribution in [0.2, 0.25) is 0 Å². The van der Waals surface area contributed by atoms with Crippen LogP contribution in [0.1, 0.15) is 33.1 Å². The number of hydrazine groups is 1. The molecule has 0 aromatic rings. The number of aliphatic imine (C=N–C) groups is 1. The van der Waals surface area contributed by atoms with Crippen molar-refractivity contribution in [3.8, 4) is 0 Å². The Morgan fingerprint density at radius 2 is 2.46 bits per heavy atom. The van der Waals surface area contributed by atoms with Gasteiger partial charge in [-0.3, -0.25) is 10.4 Å². The lowest BCUT2D eigenvalue weighted by molar-refractivity contribution is 0.398. The molecule has 0 aromatic carbocycles. The molecule has 13 heavy (non-hydrogen) atoms. The summed E-state index contributed by atoms with van der Waals surface area (Å²) in [5.74, 6) is 6.29. The lowest BCUT2D eigenvalue weighted by Gasteiger charge is -2.24. The lowest BCUT2D eigenvalue weighted by atomic mass is 10.2. The Morgan fingerprint density at radius 1 is 1.69 bits per heavy atom. The summed E-state index contributed by atoms with van der Waals surface area (Å²) in [5, 5.41) is 0. The second-order valence-corrected chi connectivity index (χ2v) is 3.53. The summed E-state index contributed by atoms with van der Waals surface area (Å²) in [6, 6.07) is 0.576. The van der Waals surface area contributed by atoms with E-state index < -0.39 is 0 Å². The second-order valence-electron chi connectivity index (χ2n) is 3.53. The first-order valence-corrected chi connectivity index (χ1v) is 5.07. The van der Waals surface area contributed by atoms with E-state index in [1.165, 1.54) is 12.8 Å². The molecule has 0 saturated carbocycles. The van der Waals surface area contributed by atoms with Crippen molar-refractivity contribution in [3.63, 3.8) is 0 Å². The molecule has 0 bridgehead atoms. The van der Waals surface area contributed by atoms with Crippen molar-refractivity contribution in [2.45, 2.75) is 39.2 Å². The topological polar surface area (TPSA) is 53.6 Å². The van der Waals surface area contributed by atoms with E-state index in [1.54, 1.807) is 0 Å². The average Bonchev–Trinajstić information content (AvgIpc) is 2.54. The van der Waals surface area contributed by atoms with Crippen molar-refractivity contribution >= 4 is 5.96 Å². The summed E-state index contributed by atoms with van der Waals surface area (Å²) in [4.78, 5) is 6.65. The van der Waals surface area contributed by atoms with Gasteiger partial charge in [0.25, 0.3) is 0 Å². The number of nitrogens with two attached hydrogens (primary N) is 1. The summed E-state index contributed by atoms with van der Waals surface area (Å²) >= 11 is 0. The molecule has 1 heterocycles. The van der Waals surface area contributed by atoms with Crippen LogP contribution in [-0.2, 0) is 0 Å². The molecule has 1 saturated heterocycles. The maximum absolute atomic E-state index is 5.43. The van der Waals surface area contributed by atoms with Crippen LogP contribution in [0.4, 0.5) is 0 Å². The van der Waals surface area contributed by atoms with Crippen LogP contribution < -0.4 is 11.3 Å². The standard InChI is InChI=1S/C9H20N4/c1-3-6-11-9(12-10)13-7-4-5-8(13)2/h8H,3-7,10H2,1-2H3,(H,11,12). The first-order chi connectivity index (χ1) is 6.29. The number of guanidine groups is 1. The fourth-order valence-electron chi connectivity index (χ4n) is 1.69. The molecule has 0 spiro atoms. The molecule has 0 aromatic heterocycles. The number of rotatable bonds is 2. The molecule has 4 nitrogen and oxygen atoms in total. The average molecular weight is 184 g/mol. The third kappa shape index (κ3) is 2.59. The quantitative estimate of drug-likeness (QED) is 0.287. The van der Waals surface area contributed by atoms with E-state index in [4.69, 9.17) is 5.84 Å². The van der Waals surface area contributed by atoms with Gasteiger partial charge in [0.05, 0.1) is 0 Å². The van der Waals surface area contributed by atoms with Crippen LogP contribution in [0.25, 0.3) is 0 Å². The molecule has 1 rings (SSSR count). The molecule has 1 aliphatic rings. The summed E-state index contributed by atoms with van der Waals surface area (Å²) in [7, 11) is 0. The van der Waals surface area contributed by atoms with Crippen molar-refractivity contribution in [1.82, 2.24) is 10.3 Å². The zero-order valence-electron chi connectivity index (χ0n) is 8.58. The molecule has 1 atom stereocenters. The van der Waals surface area contributed by atoms with Gasteiger partial charge in [0.1, 0.15) is 0 Å². The van der Waals surface area contributed by atoms with Crippen molar-refractivity contribution in [1.29, 1.82) is 0 Å².